The summed E-state index contributed by atoms with van der Waals surface area (Å²) in [6.07, 6.45) is 0.336. The number of aryl methyl sites for hydroxylation is 3. The van der Waals surface area contributed by atoms with Gasteiger partial charge < -0.3 is 20.2 Å². The minimum Gasteiger partial charge on any atom is -0.496 e. The Balaban J connectivity index is 1.81. The summed E-state index contributed by atoms with van der Waals surface area (Å²) in [5, 5.41) is 14.0. The van der Waals surface area contributed by atoms with Crippen LogP contribution in [0.5, 0.6) is 5.75 Å². The average Bonchev–Trinajstić information content (AvgIpc) is 3.25. The Hall–Kier alpha value is -4.24. The second-order valence-electron chi connectivity index (χ2n) is 10.9. The van der Waals surface area contributed by atoms with Crippen LogP contribution >= 0.6 is 0 Å². The van der Waals surface area contributed by atoms with Crippen molar-refractivity contribution in [2.24, 2.45) is 0 Å². The highest BCUT2D eigenvalue weighted by molar-refractivity contribution is 6.02. The largest absolute Gasteiger partial charge is 0.496 e. The van der Waals surface area contributed by atoms with E-state index in [0.717, 1.165) is 44.8 Å². The number of aromatic nitrogens is 2. The van der Waals surface area contributed by atoms with Crippen molar-refractivity contribution in [1.29, 1.82) is 0 Å². The van der Waals surface area contributed by atoms with Crippen LogP contribution in [0.1, 0.15) is 51.8 Å². The first-order valence-electron chi connectivity index (χ1n) is 13.9. The molecule has 0 spiro atoms. The molecule has 3 N–H and O–H groups in total. The number of likely N-dealkylation sites (N-methyl/N-ethyl adjacent to an activating group) is 1. The highest BCUT2D eigenvalue weighted by atomic mass is 19.3. The third-order valence-electron chi connectivity index (χ3n) is 7.51. The Bertz CT molecular complexity index is 1590. The highest BCUT2D eigenvalue weighted by Crippen LogP contribution is 2.40. The van der Waals surface area contributed by atoms with E-state index in [-0.39, 0.29) is 23.4 Å². The molecule has 42 heavy (non-hydrogen) atoms. The first kappa shape index (κ1) is 30.7. The molecule has 0 saturated heterocycles. The van der Waals surface area contributed by atoms with E-state index >= 15 is 0 Å². The lowest BCUT2D eigenvalue weighted by Gasteiger charge is -2.19. The molecule has 1 heterocycles. The van der Waals surface area contributed by atoms with E-state index in [9.17, 15) is 18.8 Å². The summed E-state index contributed by atoms with van der Waals surface area (Å²) in [4.78, 5) is 18.6. The lowest BCUT2D eigenvalue weighted by Crippen LogP contribution is -2.39. The summed E-state index contributed by atoms with van der Waals surface area (Å²) in [6.45, 7) is 7.95. The van der Waals surface area contributed by atoms with E-state index in [2.05, 4.69) is 15.2 Å². The number of hydrogen-bond donors (Lipinski definition) is 3. The Kier molecular flexibility index (Phi) is 9.01. The van der Waals surface area contributed by atoms with Crippen LogP contribution in [0.15, 0.2) is 54.6 Å². The molecule has 4 aromatic rings. The Morgan fingerprint density at radius 2 is 1.74 bits per heavy atom. The smallest absolute Gasteiger partial charge is 0.327 e. The minimum atomic E-state index is -3.01. The average molecular weight is 578 g/mol. The van der Waals surface area contributed by atoms with Crippen LogP contribution in [0.2, 0.25) is 0 Å². The summed E-state index contributed by atoms with van der Waals surface area (Å²) in [7, 11) is 5.66. The zero-order valence-electron chi connectivity index (χ0n) is 25.2. The second-order valence-corrected chi connectivity index (χ2v) is 10.9. The number of nitrogens with one attached hydrogen (secondary N) is 2. The molecule has 4 rings (SSSR count). The minimum absolute atomic E-state index is 0.0306. The quantitative estimate of drug-likeness (QED) is 0.145. The number of amides is 1. The maximum Gasteiger partial charge on any atom is 0.327 e. The normalized spacial score (nSPS) is 11.7. The number of carbonyl (C=O) groups excluding carboxylic acids is 1. The fourth-order valence-corrected chi connectivity index (χ4v) is 5.26. The number of alkyl halides is 2. The number of rotatable bonds is 10. The molecule has 0 aliphatic heterocycles. The first-order valence-corrected chi connectivity index (χ1v) is 13.9. The number of hydrogen-bond acceptors (Lipinski definition) is 4. The third-order valence-corrected chi connectivity index (χ3v) is 7.51. The van der Waals surface area contributed by atoms with Crippen LogP contribution in [0.3, 0.4) is 0 Å². The maximum atomic E-state index is 14.3. The van der Waals surface area contributed by atoms with Crippen LogP contribution in [0.25, 0.3) is 22.5 Å². The molecule has 7 nitrogen and oxygen atoms in total. The topological polar surface area (TPSA) is 81.5 Å². The molecule has 1 amide bonds. The van der Waals surface area contributed by atoms with Gasteiger partial charge in [0.05, 0.1) is 12.7 Å². The van der Waals surface area contributed by atoms with Crippen molar-refractivity contribution in [2.45, 2.75) is 46.5 Å². The summed E-state index contributed by atoms with van der Waals surface area (Å²) in [5.74, 6) is -2.58. The van der Waals surface area contributed by atoms with E-state index in [1.165, 1.54) is 31.2 Å². The third kappa shape index (κ3) is 6.16. The van der Waals surface area contributed by atoms with Gasteiger partial charge in [0.1, 0.15) is 5.75 Å². The van der Waals surface area contributed by atoms with Gasteiger partial charge in [-0.15, -0.1) is 0 Å². The molecular formula is C33H39F2N4O3+. The fourth-order valence-electron chi connectivity index (χ4n) is 5.26. The van der Waals surface area contributed by atoms with Gasteiger partial charge in [-0.05, 0) is 85.6 Å². The van der Waals surface area contributed by atoms with Crippen molar-refractivity contribution < 1.29 is 28.2 Å². The molecule has 1 aromatic heterocycles. The molecule has 0 saturated carbocycles. The van der Waals surface area contributed by atoms with E-state index < -0.39 is 11.8 Å². The van der Waals surface area contributed by atoms with Crippen molar-refractivity contribution in [3.8, 4) is 28.3 Å². The van der Waals surface area contributed by atoms with E-state index in [0.29, 0.717) is 23.5 Å². The zero-order valence-corrected chi connectivity index (χ0v) is 25.2. The number of anilines is 1. The van der Waals surface area contributed by atoms with Gasteiger partial charge in [0.25, 0.3) is 11.6 Å². The SMILES string of the molecule is CCC(F)(F)c1cccc(NC(=O)c2c(C)[nH]c(-c3cc(CCN(C)C)c(OC)c(-c4c(C)cccc4C)c3)[n+]2O)c1. The number of imidazole rings is 1. The van der Waals surface area contributed by atoms with Crippen molar-refractivity contribution in [2.75, 3.05) is 33.1 Å². The fraction of sp³-hybridized carbons (Fsp3) is 0.333. The molecule has 0 bridgehead atoms. The summed E-state index contributed by atoms with van der Waals surface area (Å²) in [6, 6.07) is 15.6. The van der Waals surface area contributed by atoms with Crippen LogP contribution in [0.4, 0.5) is 14.5 Å². The summed E-state index contributed by atoms with van der Waals surface area (Å²) in [5.41, 5.74) is 6.11. The summed E-state index contributed by atoms with van der Waals surface area (Å²) < 4.78 is 35.3. The van der Waals surface area contributed by atoms with Gasteiger partial charge in [-0.3, -0.25) is 4.79 Å². The standard InChI is InChI=1S/C33H38F2N4O3/c1-8-33(34,35)25-13-10-14-26(19-25)37-32(40)29-22(4)36-31(39(29)41)24-17-23(15-16-38(5)6)30(42-7)27(18-24)28-20(2)11-9-12-21(28)3/h9-14,17-19,41H,8,15-16H2,1-7H3,(H,37,40)/p+1. The predicted molar refractivity (Wildman–Crippen MR) is 161 cm³/mol. The summed E-state index contributed by atoms with van der Waals surface area (Å²) >= 11 is 0. The van der Waals surface area contributed by atoms with Gasteiger partial charge in [-0.2, -0.15) is 0 Å². The number of H-pyrrole nitrogens is 1. The van der Waals surface area contributed by atoms with E-state index in [1.54, 1.807) is 14.0 Å². The molecule has 0 aliphatic carbocycles. The molecule has 0 aliphatic rings. The molecule has 0 unspecified atom stereocenters. The van der Waals surface area contributed by atoms with Crippen LogP contribution in [0, 0.1) is 20.8 Å². The number of aromatic amines is 1. The number of halogens is 2. The Morgan fingerprint density at radius 3 is 2.36 bits per heavy atom. The van der Waals surface area contributed by atoms with Crippen LogP contribution in [-0.2, 0) is 12.3 Å². The molecular weight excluding hydrogens is 538 g/mol. The van der Waals surface area contributed by atoms with Crippen molar-refractivity contribution >= 4 is 11.6 Å². The maximum absolute atomic E-state index is 14.3. The first-order chi connectivity index (χ1) is 19.9. The zero-order chi connectivity index (χ0) is 30.8. The van der Waals surface area contributed by atoms with Crippen LogP contribution < -0.4 is 14.8 Å². The van der Waals surface area contributed by atoms with Gasteiger partial charge in [0.2, 0.25) is 0 Å². The molecule has 9 heteroatoms. The lowest BCUT2D eigenvalue weighted by molar-refractivity contribution is -0.896. The number of methoxy groups -OCH3 is 1. The van der Waals surface area contributed by atoms with Gasteiger partial charge in [0.15, 0.2) is 5.69 Å². The number of ether oxygens (including phenoxy) is 1. The van der Waals surface area contributed by atoms with Gasteiger partial charge in [0, 0.05) is 36.7 Å². The lowest BCUT2D eigenvalue weighted by atomic mass is 9.91. The molecule has 222 valence electrons. The van der Waals surface area contributed by atoms with Gasteiger partial charge >= 0.3 is 11.7 Å². The Labute approximate surface area is 245 Å². The van der Waals surface area contributed by atoms with Crippen LogP contribution in [-0.4, -0.2) is 48.7 Å². The van der Waals surface area contributed by atoms with E-state index in [4.69, 9.17) is 4.74 Å². The number of benzene rings is 3. The molecule has 0 radical (unpaired) electrons. The molecule has 0 fully saturated rings. The van der Waals surface area contributed by atoms with E-state index in [1.807, 2.05) is 58.3 Å². The van der Waals surface area contributed by atoms with Crippen molar-refractivity contribution in [1.82, 2.24) is 9.88 Å². The van der Waals surface area contributed by atoms with Crippen molar-refractivity contribution in [3.05, 3.63) is 88.2 Å². The monoisotopic (exact) mass is 577 g/mol. The second kappa shape index (κ2) is 12.3. The predicted octanol–water partition coefficient (Wildman–Crippen LogP) is 6.67. The molecule has 0 atom stereocenters. The van der Waals surface area contributed by atoms with Gasteiger partial charge in [-0.1, -0.05) is 37.3 Å². The molecule has 3 aromatic carbocycles. The van der Waals surface area contributed by atoms with Crippen molar-refractivity contribution in [3.63, 3.8) is 0 Å². The highest BCUT2D eigenvalue weighted by Gasteiger charge is 2.32. The number of nitrogens with zero attached hydrogens (tertiary/aromatic N) is 2. The van der Waals surface area contributed by atoms with Gasteiger partial charge in [-0.25, -0.2) is 13.8 Å². The number of carbonyl (C=O) groups is 1. The Morgan fingerprint density at radius 1 is 1.07 bits per heavy atom.